The summed E-state index contributed by atoms with van der Waals surface area (Å²) in [5.41, 5.74) is -0.511. The number of Topliss-reactive ketones (excluding diaryl/α,β-unsaturated/α-hetero) is 1. The summed E-state index contributed by atoms with van der Waals surface area (Å²) in [5.74, 6) is -0.0799. The molecule has 8 heteroatoms. The van der Waals surface area contributed by atoms with E-state index in [9.17, 15) is 14.4 Å². The van der Waals surface area contributed by atoms with Gasteiger partial charge in [-0.25, -0.2) is 4.79 Å². The number of rotatable bonds is 5. The molecule has 27 heavy (non-hydrogen) atoms. The molecule has 150 valence electrons. The lowest BCUT2D eigenvalue weighted by Crippen LogP contribution is -2.45. The third-order valence-corrected chi connectivity index (χ3v) is 5.66. The Hall–Kier alpha value is -1.60. The molecule has 0 spiro atoms. The zero-order valence-electron chi connectivity index (χ0n) is 16.2. The lowest BCUT2D eigenvalue weighted by molar-refractivity contribution is -0.119. The van der Waals surface area contributed by atoms with Crippen molar-refractivity contribution >= 4 is 40.7 Å². The number of hydrogen-bond acceptors (Lipinski definition) is 5. The van der Waals surface area contributed by atoms with E-state index in [0.29, 0.717) is 28.7 Å². The number of amides is 2. The molecule has 0 radical (unpaired) electrons. The van der Waals surface area contributed by atoms with Gasteiger partial charge in [0.25, 0.3) is 5.91 Å². The van der Waals surface area contributed by atoms with E-state index in [1.165, 1.54) is 18.3 Å². The summed E-state index contributed by atoms with van der Waals surface area (Å²) < 4.78 is 5.94. The van der Waals surface area contributed by atoms with Gasteiger partial charge in [0.15, 0.2) is 5.78 Å². The number of ketones is 1. The molecule has 0 aromatic carbocycles. The van der Waals surface area contributed by atoms with Gasteiger partial charge in [-0.2, -0.15) is 0 Å². The van der Waals surface area contributed by atoms with Crippen molar-refractivity contribution in [2.75, 3.05) is 13.1 Å². The third-order valence-electron chi connectivity index (χ3n) is 4.43. The van der Waals surface area contributed by atoms with Crippen molar-refractivity contribution in [3.8, 4) is 0 Å². The van der Waals surface area contributed by atoms with Gasteiger partial charge in [-0.05, 0) is 65.0 Å². The van der Waals surface area contributed by atoms with Crippen LogP contribution in [0.5, 0.6) is 0 Å². The number of halogens is 1. The van der Waals surface area contributed by atoms with Gasteiger partial charge in [0.05, 0.1) is 15.3 Å². The highest BCUT2D eigenvalue weighted by atomic mass is 35.5. The summed E-state index contributed by atoms with van der Waals surface area (Å²) in [7, 11) is 0. The Bertz CT molecular complexity index is 690. The van der Waals surface area contributed by atoms with Crippen molar-refractivity contribution in [3.05, 3.63) is 21.3 Å². The second kappa shape index (κ2) is 9.06. The van der Waals surface area contributed by atoms with E-state index in [1.54, 1.807) is 17.0 Å². The van der Waals surface area contributed by atoms with Gasteiger partial charge < -0.3 is 15.0 Å². The van der Waals surface area contributed by atoms with Crippen LogP contribution >= 0.6 is 22.9 Å². The molecule has 1 N–H and O–H groups in total. The van der Waals surface area contributed by atoms with Gasteiger partial charge in [-0.1, -0.05) is 11.6 Å². The van der Waals surface area contributed by atoms with Crippen LogP contribution in [-0.2, 0) is 9.53 Å². The number of carbonyl (C=O) groups excluding carboxylic acids is 3. The zero-order chi connectivity index (χ0) is 20.2. The lowest BCUT2D eigenvalue weighted by Gasteiger charge is -2.34. The second-order valence-electron chi connectivity index (χ2n) is 7.89. The van der Waals surface area contributed by atoms with E-state index in [0.717, 1.165) is 12.8 Å². The summed E-state index contributed by atoms with van der Waals surface area (Å²) in [6, 6.07) is 2.78. The van der Waals surface area contributed by atoms with Crippen LogP contribution < -0.4 is 5.32 Å². The molecule has 1 atom stereocenters. The lowest BCUT2D eigenvalue weighted by atomic mass is 9.89. The van der Waals surface area contributed by atoms with Crippen LogP contribution in [0.3, 0.4) is 0 Å². The minimum Gasteiger partial charge on any atom is -0.444 e. The topological polar surface area (TPSA) is 75.7 Å². The third kappa shape index (κ3) is 6.81. The molecule has 2 heterocycles. The summed E-state index contributed by atoms with van der Waals surface area (Å²) >= 11 is 7.06. The highest BCUT2D eigenvalue weighted by molar-refractivity contribution is 7.18. The SMILES string of the molecule is CC(=O)C(CC1CCN(C(=O)OC(C)(C)C)CC1)NC(=O)c1ccc(Cl)s1. The Labute approximate surface area is 169 Å². The van der Waals surface area contributed by atoms with Crippen molar-refractivity contribution in [3.63, 3.8) is 0 Å². The number of nitrogens with zero attached hydrogens (tertiary/aromatic N) is 1. The largest absolute Gasteiger partial charge is 0.444 e. The Morgan fingerprint density at radius 2 is 1.93 bits per heavy atom. The minimum atomic E-state index is -0.531. The van der Waals surface area contributed by atoms with Gasteiger partial charge in [0.1, 0.15) is 5.60 Å². The maximum absolute atomic E-state index is 12.3. The first-order valence-corrected chi connectivity index (χ1v) is 10.3. The first-order chi connectivity index (χ1) is 12.5. The number of nitrogens with one attached hydrogen (secondary N) is 1. The van der Waals surface area contributed by atoms with Crippen LogP contribution in [0.4, 0.5) is 4.79 Å². The predicted molar refractivity (Wildman–Crippen MR) is 106 cm³/mol. The highest BCUT2D eigenvalue weighted by Crippen LogP contribution is 2.25. The maximum atomic E-state index is 12.3. The van der Waals surface area contributed by atoms with Gasteiger partial charge in [-0.3, -0.25) is 9.59 Å². The van der Waals surface area contributed by atoms with Crippen molar-refractivity contribution in [1.82, 2.24) is 10.2 Å². The molecule has 1 aliphatic heterocycles. The Morgan fingerprint density at radius 1 is 1.30 bits per heavy atom. The molecule has 1 unspecified atom stereocenters. The summed E-state index contributed by atoms with van der Waals surface area (Å²) in [6.45, 7) is 8.22. The molecule has 1 aromatic rings. The van der Waals surface area contributed by atoms with Crippen molar-refractivity contribution < 1.29 is 19.1 Å². The van der Waals surface area contributed by atoms with Crippen LogP contribution in [0.2, 0.25) is 4.34 Å². The summed E-state index contributed by atoms with van der Waals surface area (Å²) in [6.07, 6.45) is 1.84. The number of likely N-dealkylation sites (tertiary alicyclic amines) is 1. The number of hydrogen-bond donors (Lipinski definition) is 1. The van der Waals surface area contributed by atoms with E-state index in [4.69, 9.17) is 16.3 Å². The second-order valence-corrected chi connectivity index (χ2v) is 9.60. The first kappa shape index (κ1) is 21.7. The molecule has 6 nitrogen and oxygen atoms in total. The quantitative estimate of drug-likeness (QED) is 0.786. The van der Waals surface area contributed by atoms with E-state index in [1.807, 2.05) is 20.8 Å². The van der Waals surface area contributed by atoms with Crippen LogP contribution in [0.1, 0.15) is 56.6 Å². The fraction of sp³-hybridized carbons (Fsp3) is 0.632. The fourth-order valence-corrected chi connectivity index (χ4v) is 3.95. The molecule has 0 bridgehead atoms. The predicted octanol–water partition coefficient (Wildman–Crippen LogP) is 4.13. The average Bonchev–Trinajstić information content (AvgIpc) is 2.99. The van der Waals surface area contributed by atoms with E-state index < -0.39 is 11.6 Å². The summed E-state index contributed by atoms with van der Waals surface area (Å²) in [5, 5.41) is 2.82. The number of ether oxygens (including phenoxy) is 1. The smallest absolute Gasteiger partial charge is 0.410 e. The van der Waals surface area contributed by atoms with Gasteiger partial charge in [0, 0.05) is 13.1 Å². The molecule has 1 fully saturated rings. The number of carbonyl (C=O) groups is 3. The molecule has 1 aromatic heterocycles. The molecule has 0 saturated carbocycles. The van der Waals surface area contributed by atoms with Crippen LogP contribution in [0, 0.1) is 5.92 Å². The van der Waals surface area contributed by atoms with E-state index >= 15 is 0 Å². The average molecular weight is 415 g/mol. The first-order valence-electron chi connectivity index (χ1n) is 9.09. The minimum absolute atomic E-state index is 0.0689. The van der Waals surface area contributed by atoms with Gasteiger partial charge in [-0.15, -0.1) is 11.3 Å². The molecular formula is C19H27ClN2O4S. The molecule has 1 saturated heterocycles. The molecule has 1 aliphatic rings. The fourth-order valence-electron chi connectivity index (χ4n) is 3.00. The molecular weight excluding hydrogens is 388 g/mol. The Balaban J connectivity index is 1.86. The normalized spacial score (nSPS) is 16.7. The van der Waals surface area contributed by atoms with E-state index in [2.05, 4.69) is 5.32 Å². The molecule has 0 aliphatic carbocycles. The number of thiophene rings is 1. The van der Waals surface area contributed by atoms with Gasteiger partial charge >= 0.3 is 6.09 Å². The summed E-state index contributed by atoms with van der Waals surface area (Å²) in [4.78, 5) is 38.6. The highest BCUT2D eigenvalue weighted by Gasteiger charge is 2.29. The molecule has 2 amide bonds. The van der Waals surface area contributed by atoms with Crippen LogP contribution in [0.15, 0.2) is 12.1 Å². The van der Waals surface area contributed by atoms with Crippen molar-refractivity contribution in [2.45, 2.75) is 58.6 Å². The Morgan fingerprint density at radius 3 is 2.41 bits per heavy atom. The van der Waals surface area contributed by atoms with Crippen molar-refractivity contribution in [2.24, 2.45) is 5.92 Å². The zero-order valence-corrected chi connectivity index (χ0v) is 17.8. The Kier molecular flexibility index (Phi) is 7.28. The van der Waals surface area contributed by atoms with E-state index in [-0.39, 0.29) is 23.7 Å². The standard InChI is InChI=1S/C19H27ClN2O4S/c1-12(23)14(21-17(24)15-5-6-16(20)27-15)11-13-7-9-22(10-8-13)18(25)26-19(2,3)4/h5-6,13-14H,7-11H2,1-4H3,(H,21,24). The monoisotopic (exact) mass is 414 g/mol. The number of piperidine rings is 1. The molecule has 2 rings (SSSR count). The van der Waals surface area contributed by atoms with Crippen LogP contribution in [-0.4, -0.2) is 47.4 Å². The van der Waals surface area contributed by atoms with Crippen LogP contribution in [0.25, 0.3) is 0 Å². The van der Waals surface area contributed by atoms with Crippen molar-refractivity contribution in [1.29, 1.82) is 0 Å². The maximum Gasteiger partial charge on any atom is 0.410 e. The van der Waals surface area contributed by atoms with Gasteiger partial charge in [0.2, 0.25) is 0 Å².